The van der Waals surface area contributed by atoms with Crippen molar-refractivity contribution in [1.82, 2.24) is 4.98 Å². The van der Waals surface area contributed by atoms with E-state index in [9.17, 15) is 9.18 Å². The van der Waals surface area contributed by atoms with E-state index in [2.05, 4.69) is 4.98 Å². The molecule has 0 aliphatic heterocycles. The van der Waals surface area contributed by atoms with Crippen molar-refractivity contribution in [3.8, 4) is 0 Å². The second-order valence-electron chi connectivity index (χ2n) is 4.74. The van der Waals surface area contributed by atoms with Gasteiger partial charge in [-0.25, -0.2) is 4.39 Å². The molecule has 3 aromatic rings. The number of aromatic nitrogens is 1. The molecule has 3 rings (SSSR count). The van der Waals surface area contributed by atoms with Crippen molar-refractivity contribution in [2.24, 2.45) is 0 Å². The number of halogens is 1. The molecule has 0 bridgehead atoms. The largest absolute Gasteiger partial charge is 0.449 e. The summed E-state index contributed by atoms with van der Waals surface area (Å²) >= 11 is 0. The molecule has 2 heterocycles. The summed E-state index contributed by atoms with van der Waals surface area (Å²) in [5, 5.41) is 0.579. The average Bonchev–Trinajstić information content (AvgIpc) is 2.82. The van der Waals surface area contributed by atoms with E-state index in [4.69, 9.17) is 4.42 Å². The number of para-hydroxylation sites is 1. The molecule has 0 radical (unpaired) electrons. The van der Waals surface area contributed by atoms with Crippen molar-refractivity contribution in [1.29, 1.82) is 0 Å². The third-order valence-electron chi connectivity index (χ3n) is 3.06. The second kappa shape index (κ2) is 4.56. The van der Waals surface area contributed by atoms with Crippen molar-refractivity contribution in [3.05, 3.63) is 64.9 Å². The molecule has 0 saturated heterocycles. The molecule has 0 atom stereocenters. The third-order valence-corrected chi connectivity index (χ3v) is 3.06. The van der Waals surface area contributed by atoms with Crippen LogP contribution in [-0.2, 0) is 0 Å². The fraction of sp³-hybridized carbons (Fsp3) is 0.125. The lowest BCUT2D eigenvalue weighted by atomic mass is 10.1. The van der Waals surface area contributed by atoms with Crippen LogP contribution in [-0.4, -0.2) is 10.8 Å². The van der Waals surface area contributed by atoms with E-state index in [-0.39, 0.29) is 17.1 Å². The molecule has 4 heteroatoms. The summed E-state index contributed by atoms with van der Waals surface area (Å²) in [6.45, 7) is 3.64. The normalized spacial score (nSPS) is 10.9. The van der Waals surface area contributed by atoms with Crippen molar-refractivity contribution in [2.75, 3.05) is 0 Å². The summed E-state index contributed by atoms with van der Waals surface area (Å²) in [6.07, 6.45) is 0. The molecule has 0 saturated carbocycles. The summed E-state index contributed by atoms with van der Waals surface area (Å²) < 4.78 is 18.9. The molecule has 0 aliphatic rings. The Bertz CT molecular complexity index is 800. The first-order valence-electron chi connectivity index (χ1n) is 6.22. The number of furan rings is 1. The maximum absolute atomic E-state index is 13.6. The van der Waals surface area contributed by atoms with Gasteiger partial charge >= 0.3 is 0 Å². The number of aryl methyl sites for hydroxylation is 2. The Morgan fingerprint density at radius 1 is 1.15 bits per heavy atom. The lowest BCUT2D eigenvalue weighted by Gasteiger charge is -2.01. The number of carbonyl (C=O) groups excluding carboxylic acids is 1. The van der Waals surface area contributed by atoms with Crippen molar-refractivity contribution in [3.63, 3.8) is 0 Å². The van der Waals surface area contributed by atoms with E-state index in [1.807, 2.05) is 13.8 Å². The lowest BCUT2D eigenvalue weighted by molar-refractivity contribution is 0.101. The minimum Gasteiger partial charge on any atom is -0.449 e. The molecule has 100 valence electrons. The van der Waals surface area contributed by atoms with Crippen LogP contribution < -0.4 is 0 Å². The molecule has 0 amide bonds. The molecule has 20 heavy (non-hydrogen) atoms. The highest BCUT2D eigenvalue weighted by Gasteiger charge is 2.17. The van der Waals surface area contributed by atoms with E-state index < -0.39 is 5.82 Å². The summed E-state index contributed by atoms with van der Waals surface area (Å²) in [4.78, 5) is 16.6. The smallest absolute Gasteiger partial charge is 0.228 e. The number of hydrogen-bond acceptors (Lipinski definition) is 3. The van der Waals surface area contributed by atoms with Gasteiger partial charge in [-0.15, -0.1) is 0 Å². The molecule has 0 unspecified atom stereocenters. The first-order valence-corrected chi connectivity index (χ1v) is 6.22. The number of benzene rings is 1. The molecule has 1 aromatic carbocycles. The van der Waals surface area contributed by atoms with Gasteiger partial charge in [0, 0.05) is 22.3 Å². The Morgan fingerprint density at radius 3 is 2.50 bits per heavy atom. The third kappa shape index (κ3) is 2.09. The number of pyridine rings is 1. The Balaban J connectivity index is 2.10. The van der Waals surface area contributed by atoms with Crippen LogP contribution in [0.5, 0.6) is 0 Å². The zero-order chi connectivity index (χ0) is 14.3. The topological polar surface area (TPSA) is 43.1 Å². The molecule has 0 N–H and O–H groups in total. The molecule has 0 spiro atoms. The molecule has 0 fully saturated rings. The maximum atomic E-state index is 13.6. The van der Waals surface area contributed by atoms with E-state index in [1.54, 1.807) is 30.3 Å². The fourth-order valence-corrected chi connectivity index (χ4v) is 2.25. The Kier molecular flexibility index (Phi) is 2.86. The summed E-state index contributed by atoms with van der Waals surface area (Å²) in [5.74, 6) is -0.604. The highest BCUT2D eigenvalue weighted by Crippen LogP contribution is 2.24. The molecule has 3 nitrogen and oxygen atoms in total. The van der Waals surface area contributed by atoms with Gasteiger partial charge in [0.05, 0.1) is 0 Å². The highest BCUT2D eigenvalue weighted by molar-refractivity contribution is 6.09. The van der Waals surface area contributed by atoms with E-state index in [0.29, 0.717) is 10.9 Å². The Labute approximate surface area is 115 Å². The van der Waals surface area contributed by atoms with Crippen LogP contribution in [0.3, 0.4) is 0 Å². The quantitative estimate of drug-likeness (QED) is 0.664. The van der Waals surface area contributed by atoms with E-state index in [1.165, 1.54) is 6.07 Å². The maximum Gasteiger partial charge on any atom is 0.228 e. The van der Waals surface area contributed by atoms with Crippen LogP contribution in [0.4, 0.5) is 4.39 Å². The SMILES string of the molecule is Cc1cc(C(=O)c2cc3cccc(F)c3o2)cc(C)n1. The molecular formula is C16H12FNO2. The number of fused-ring (bicyclic) bond motifs is 1. The number of ketones is 1. The minimum absolute atomic E-state index is 0.110. The number of rotatable bonds is 2. The van der Waals surface area contributed by atoms with Gasteiger partial charge in [-0.2, -0.15) is 0 Å². The average molecular weight is 269 g/mol. The fourth-order valence-electron chi connectivity index (χ4n) is 2.25. The minimum atomic E-state index is -0.469. The summed E-state index contributed by atoms with van der Waals surface area (Å²) in [5.41, 5.74) is 2.12. The summed E-state index contributed by atoms with van der Waals surface area (Å²) in [6, 6.07) is 9.55. The van der Waals surface area contributed by atoms with Gasteiger partial charge in [0.25, 0.3) is 0 Å². The van der Waals surface area contributed by atoms with E-state index >= 15 is 0 Å². The van der Waals surface area contributed by atoms with Crippen molar-refractivity contribution < 1.29 is 13.6 Å². The van der Waals surface area contributed by atoms with Crippen LogP contribution in [0.1, 0.15) is 27.5 Å². The monoisotopic (exact) mass is 269 g/mol. The first kappa shape index (κ1) is 12.5. The molecular weight excluding hydrogens is 257 g/mol. The van der Waals surface area contributed by atoms with Crippen LogP contribution in [0.2, 0.25) is 0 Å². The van der Waals surface area contributed by atoms with Crippen molar-refractivity contribution in [2.45, 2.75) is 13.8 Å². The first-order chi connectivity index (χ1) is 9.54. The zero-order valence-corrected chi connectivity index (χ0v) is 11.1. The standard InChI is InChI=1S/C16H12FNO2/c1-9-6-12(7-10(2)18-9)15(19)14-8-11-4-3-5-13(17)16(11)20-14/h3-8H,1-2H3. The summed E-state index contributed by atoms with van der Waals surface area (Å²) in [7, 11) is 0. The molecule has 2 aromatic heterocycles. The number of hydrogen-bond donors (Lipinski definition) is 0. The van der Waals surface area contributed by atoms with Gasteiger partial charge in [0.15, 0.2) is 17.2 Å². The van der Waals surface area contributed by atoms with Gasteiger partial charge < -0.3 is 4.42 Å². The Morgan fingerprint density at radius 2 is 1.85 bits per heavy atom. The Hall–Kier alpha value is -2.49. The van der Waals surface area contributed by atoms with Crippen LogP contribution in [0, 0.1) is 19.7 Å². The van der Waals surface area contributed by atoms with Crippen LogP contribution in [0.15, 0.2) is 40.8 Å². The lowest BCUT2D eigenvalue weighted by Crippen LogP contribution is -2.02. The highest BCUT2D eigenvalue weighted by atomic mass is 19.1. The second-order valence-corrected chi connectivity index (χ2v) is 4.74. The van der Waals surface area contributed by atoms with Crippen molar-refractivity contribution >= 4 is 16.8 Å². The van der Waals surface area contributed by atoms with Gasteiger partial charge in [0.2, 0.25) is 5.78 Å². The van der Waals surface area contributed by atoms with E-state index in [0.717, 1.165) is 11.4 Å². The zero-order valence-electron chi connectivity index (χ0n) is 11.1. The predicted molar refractivity (Wildman–Crippen MR) is 73.3 cm³/mol. The van der Waals surface area contributed by atoms with Gasteiger partial charge in [-0.1, -0.05) is 12.1 Å². The van der Waals surface area contributed by atoms with Crippen LogP contribution >= 0.6 is 0 Å². The predicted octanol–water partition coefficient (Wildman–Crippen LogP) is 3.81. The molecule has 0 aliphatic carbocycles. The number of nitrogens with zero attached hydrogens (tertiary/aromatic N) is 1. The van der Waals surface area contributed by atoms with Gasteiger partial charge in [-0.05, 0) is 38.1 Å². The number of carbonyl (C=O) groups is 1. The van der Waals surface area contributed by atoms with Gasteiger partial charge in [-0.3, -0.25) is 9.78 Å². The van der Waals surface area contributed by atoms with Gasteiger partial charge in [0.1, 0.15) is 0 Å². The van der Waals surface area contributed by atoms with Crippen LogP contribution in [0.25, 0.3) is 11.0 Å².